The van der Waals surface area contributed by atoms with Crippen LogP contribution < -0.4 is 14.2 Å². The summed E-state index contributed by atoms with van der Waals surface area (Å²) in [7, 11) is -3.55. The van der Waals surface area contributed by atoms with Crippen LogP contribution in [0.4, 0.5) is 4.39 Å². The predicted octanol–water partition coefficient (Wildman–Crippen LogP) is 1.55. The van der Waals surface area contributed by atoms with Crippen LogP contribution in [0.2, 0.25) is 0 Å². The van der Waals surface area contributed by atoms with Gasteiger partial charge in [-0.15, -0.1) is 0 Å². The highest BCUT2D eigenvalue weighted by atomic mass is 32.2. The zero-order valence-electron chi connectivity index (χ0n) is 15.1. The van der Waals surface area contributed by atoms with Crippen LogP contribution >= 0.6 is 0 Å². The molecule has 0 atom stereocenters. The Morgan fingerprint density at radius 1 is 1.18 bits per heavy atom. The molecule has 1 N–H and O–H groups in total. The number of ether oxygens (including phenoxy) is 2. The van der Waals surface area contributed by atoms with E-state index in [0.29, 0.717) is 17.1 Å². The quantitative estimate of drug-likeness (QED) is 0.716. The summed E-state index contributed by atoms with van der Waals surface area (Å²) in [4.78, 5) is 13.6. The highest BCUT2D eigenvalue weighted by Crippen LogP contribution is 2.24. The first-order valence-corrected chi connectivity index (χ1v) is 10.4. The van der Waals surface area contributed by atoms with Crippen molar-refractivity contribution in [3.8, 4) is 11.5 Å². The molecule has 1 aliphatic heterocycles. The van der Waals surface area contributed by atoms with Crippen LogP contribution in [0.15, 0.2) is 48.5 Å². The molecule has 1 aliphatic rings. The van der Waals surface area contributed by atoms with Gasteiger partial charge in [0, 0.05) is 25.2 Å². The number of para-hydroxylation sites is 1. The third-order valence-corrected chi connectivity index (χ3v) is 5.50. The lowest BCUT2D eigenvalue weighted by Gasteiger charge is -2.20. The maximum absolute atomic E-state index is 13.4. The normalized spacial score (nSPS) is 14.2. The van der Waals surface area contributed by atoms with E-state index in [1.54, 1.807) is 24.3 Å². The first kappa shape index (κ1) is 20.1. The van der Waals surface area contributed by atoms with Crippen molar-refractivity contribution in [3.05, 3.63) is 59.9 Å². The minimum atomic E-state index is -3.55. The van der Waals surface area contributed by atoms with Crippen molar-refractivity contribution in [2.75, 3.05) is 32.1 Å². The fourth-order valence-corrected chi connectivity index (χ4v) is 3.58. The van der Waals surface area contributed by atoms with Crippen molar-refractivity contribution in [3.63, 3.8) is 0 Å². The van der Waals surface area contributed by atoms with Gasteiger partial charge in [-0.2, -0.15) is 0 Å². The topological polar surface area (TPSA) is 84.9 Å². The molecule has 0 aliphatic carbocycles. The van der Waals surface area contributed by atoms with Crippen molar-refractivity contribution >= 4 is 15.9 Å². The van der Waals surface area contributed by atoms with Gasteiger partial charge in [-0.05, 0) is 30.3 Å². The largest absolute Gasteiger partial charge is 0.492 e. The number of fused-ring (bicyclic) bond motifs is 1. The van der Waals surface area contributed by atoms with E-state index in [-0.39, 0.29) is 44.5 Å². The molecule has 7 nitrogen and oxygen atoms in total. The minimum Gasteiger partial charge on any atom is -0.492 e. The second-order valence-electron chi connectivity index (χ2n) is 6.23. The van der Waals surface area contributed by atoms with E-state index in [0.717, 1.165) is 0 Å². The molecule has 0 spiro atoms. The summed E-state index contributed by atoms with van der Waals surface area (Å²) < 4.78 is 50.8. The summed E-state index contributed by atoms with van der Waals surface area (Å²) in [5.74, 6) is 0.140. The molecule has 3 rings (SSSR count). The molecule has 150 valence electrons. The number of amides is 1. The molecule has 2 aromatic carbocycles. The summed E-state index contributed by atoms with van der Waals surface area (Å²) in [5.41, 5.74) is 0.546. The Morgan fingerprint density at radius 3 is 2.75 bits per heavy atom. The van der Waals surface area contributed by atoms with Gasteiger partial charge in [0.05, 0.1) is 5.75 Å². The molecule has 0 bridgehead atoms. The molecule has 0 saturated carbocycles. The van der Waals surface area contributed by atoms with E-state index in [4.69, 9.17) is 9.47 Å². The first-order chi connectivity index (χ1) is 13.4. The second kappa shape index (κ2) is 9.03. The monoisotopic (exact) mass is 408 g/mol. The molecule has 1 heterocycles. The Kier molecular flexibility index (Phi) is 6.48. The van der Waals surface area contributed by atoms with E-state index in [1.165, 1.54) is 23.1 Å². The minimum absolute atomic E-state index is 0.0164. The van der Waals surface area contributed by atoms with Crippen LogP contribution in [0.25, 0.3) is 0 Å². The molecule has 0 saturated heterocycles. The van der Waals surface area contributed by atoms with Crippen LogP contribution in [0.5, 0.6) is 11.5 Å². The van der Waals surface area contributed by atoms with Crippen LogP contribution in [0.1, 0.15) is 5.56 Å². The number of hydrogen-bond acceptors (Lipinski definition) is 5. The van der Waals surface area contributed by atoms with Gasteiger partial charge in [0.2, 0.25) is 10.0 Å². The van der Waals surface area contributed by atoms with Gasteiger partial charge in [0.1, 0.15) is 23.9 Å². The van der Waals surface area contributed by atoms with E-state index in [9.17, 15) is 17.6 Å². The molecule has 0 aromatic heterocycles. The number of nitrogens with one attached hydrogen (secondary N) is 1. The van der Waals surface area contributed by atoms with Gasteiger partial charge in [0.15, 0.2) is 6.61 Å². The Balaban J connectivity index is 1.48. The van der Waals surface area contributed by atoms with E-state index >= 15 is 0 Å². The third-order valence-electron chi connectivity index (χ3n) is 4.16. The van der Waals surface area contributed by atoms with Crippen LogP contribution in [0, 0.1) is 5.82 Å². The highest BCUT2D eigenvalue weighted by molar-refractivity contribution is 7.89. The number of carbonyl (C=O) groups is 1. The number of sulfonamides is 1. The standard InChI is InChI=1S/C19H21FN2O5S/c20-16-6-7-18-15(12-16)13-22(19(23)14-27-18)9-8-21-28(24,25)11-10-26-17-4-2-1-3-5-17/h1-7,12,21H,8-11,13-14H2. The van der Waals surface area contributed by atoms with E-state index < -0.39 is 15.8 Å². The number of nitrogens with zero attached hydrogens (tertiary/aromatic N) is 1. The first-order valence-electron chi connectivity index (χ1n) is 8.77. The smallest absolute Gasteiger partial charge is 0.260 e. The fraction of sp³-hybridized carbons (Fsp3) is 0.316. The number of carbonyl (C=O) groups excluding carboxylic acids is 1. The number of benzene rings is 2. The summed E-state index contributed by atoms with van der Waals surface area (Å²) >= 11 is 0. The maximum Gasteiger partial charge on any atom is 0.260 e. The summed E-state index contributed by atoms with van der Waals surface area (Å²) in [6, 6.07) is 13.0. The SMILES string of the molecule is O=C1COc2ccc(F)cc2CN1CCNS(=O)(=O)CCOc1ccccc1. The predicted molar refractivity (Wildman–Crippen MR) is 101 cm³/mol. The molecule has 1 amide bonds. The Bertz CT molecular complexity index is 921. The van der Waals surface area contributed by atoms with Crippen LogP contribution in [-0.4, -0.2) is 51.3 Å². The molecule has 0 unspecified atom stereocenters. The molecule has 2 aromatic rings. The zero-order valence-corrected chi connectivity index (χ0v) is 16.0. The molecule has 0 fully saturated rings. The zero-order chi connectivity index (χ0) is 20.0. The van der Waals surface area contributed by atoms with Crippen molar-refractivity contribution in [1.82, 2.24) is 9.62 Å². The molecular formula is C19H21FN2O5S. The Morgan fingerprint density at radius 2 is 1.96 bits per heavy atom. The van der Waals surface area contributed by atoms with Crippen molar-refractivity contribution in [1.29, 1.82) is 0 Å². The molecule has 28 heavy (non-hydrogen) atoms. The average Bonchev–Trinajstić information content (AvgIpc) is 2.81. The molecule has 0 radical (unpaired) electrons. The van der Waals surface area contributed by atoms with Crippen molar-refractivity contribution < 1.29 is 27.1 Å². The van der Waals surface area contributed by atoms with Gasteiger partial charge >= 0.3 is 0 Å². The average molecular weight is 408 g/mol. The lowest BCUT2D eigenvalue weighted by Crippen LogP contribution is -2.40. The summed E-state index contributed by atoms with van der Waals surface area (Å²) in [6.07, 6.45) is 0. The summed E-state index contributed by atoms with van der Waals surface area (Å²) in [6.45, 7) is 0.199. The second-order valence-corrected chi connectivity index (χ2v) is 8.16. The lowest BCUT2D eigenvalue weighted by molar-refractivity contribution is -0.133. The van der Waals surface area contributed by atoms with Crippen LogP contribution in [0.3, 0.4) is 0 Å². The number of hydrogen-bond donors (Lipinski definition) is 1. The fourth-order valence-electron chi connectivity index (χ4n) is 2.73. The van der Waals surface area contributed by atoms with Gasteiger partial charge in [0.25, 0.3) is 5.91 Å². The van der Waals surface area contributed by atoms with Gasteiger partial charge in [-0.25, -0.2) is 17.5 Å². The molecule has 9 heteroatoms. The van der Waals surface area contributed by atoms with Crippen molar-refractivity contribution in [2.45, 2.75) is 6.54 Å². The summed E-state index contributed by atoms with van der Waals surface area (Å²) in [5, 5.41) is 0. The van der Waals surface area contributed by atoms with E-state index in [1.807, 2.05) is 6.07 Å². The van der Waals surface area contributed by atoms with Gasteiger partial charge in [-0.3, -0.25) is 4.79 Å². The van der Waals surface area contributed by atoms with Gasteiger partial charge < -0.3 is 14.4 Å². The third kappa shape index (κ3) is 5.67. The Labute approximate surface area is 163 Å². The maximum atomic E-state index is 13.4. The van der Waals surface area contributed by atoms with Crippen LogP contribution in [-0.2, 0) is 21.4 Å². The van der Waals surface area contributed by atoms with Gasteiger partial charge in [-0.1, -0.05) is 18.2 Å². The lowest BCUT2D eigenvalue weighted by atomic mass is 10.2. The highest BCUT2D eigenvalue weighted by Gasteiger charge is 2.22. The number of halogens is 1. The number of rotatable bonds is 8. The molecular weight excluding hydrogens is 387 g/mol. The Hall–Kier alpha value is -2.65. The van der Waals surface area contributed by atoms with E-state index in [2.05, 4.69) is 4.72 Å². The van der Waals surface area contributed by atoms with Crippen molar-refractivity contribution in [2.24, 2.45) is 0 Å².